The summed E-state index contributed by atoms with van der Waals surface area (Å²) in [6.07, 6.45) is -0.671. The maximum absolute atomic E-state index is 13.6. The molecular weight excluding hydrogens is 556 g/mol. The molecule has 3 aromatic carbocycles. The van der Waals surface area contributed by atoms with Crippen LogP contribution in [0.3, 0.4) is 0 Å². The van der Waals surface area contributed by atoms with Gasteiger partial charge in [0, 0.05) is 9.92 Å². The first-order valence-corrected chi connectivity index (χ1v) is 14.6. The molecule has 1 fully saturated rings. The standard InChI is InChI=1S/C29H25ClN2O5S2/c1-36-22-16-39-28-24(31-23(33)17-38-21-14-12-20(30)13-15-21)27(34)32(28)25(22)29(35)37-26(18-8-4-2-5-9-18)19-10-6-3-7-11-19/h2-15,24,26,28H,16-17H2,1H3,(H,31,33)/t24?,28-/m1/s1. The van der Waals surface area contributed by atoms with Gasteiger partial charge in [0.2, 0.25) is 5.91 Å². The number of amides is 2. The molecule has 1 saturated heterocycles. The lowest BCUT2D eigenvalue weighted by molar-refractivity contribution is -0.155. The van der Waals surface area contributed by atoms with Gasteiger partial charge in [-0.15, -0.1) is 23.5 Å². The lowest BCUT2D eigenvalue weighted by Gasteiger charge is -2.49. The van der Waals surface area contributed by atoms with Gasteiger partial charge < -0.3 is 14.8 Å². The van der Waals surface area contributed by atoms with Crippen LogP contribution < -0.4 is 5.32 Å². The number of hydrogen-bond donors (Lipinski definition) is 1. The van der Waals surface area contributed by atoms with E-state index in [0.29, 0.717) is 16.5 Å². The van der Waals surface area contributed by atoms with E-state index in [-0.39, 0.29) is 23.3 Å². The Morgan fingerprint density at radius 1 is 1.03 bits per heavy atom. The molecule has 39 heavy (non-hydrogen) atoms. The van der Waals surface area contributed by atoms with Crippen LogP contribution in [-0.2, 0) is 23.9 Å². The maximum Gasteiger partial charge on any atom is 0.359 e. The number of thioether (sulfide) groups is 2. The molecular formula is C29H25ClN2O5S2. The van der Waals surface area contributed by atoms with Gasteiger partial charge in [0.05, 0.1) is 18.6 Å². The fourth-order valence-corrected chi connectivity index (χ4v) is 6.53. The van der Waals surface area contributed by atoms with Gasteiger partial charge in [-0.05, 0) is 35.4 Å². The van der Waals surface area contributed by atoms with Crippen LogP contribution in [0.25, 0.3) is 0 Å². The first-order valence-electron chi connectivity index (χ1n) is 12.2. The summed E-state index contributed by atoms with van der Waals surface area (Å²) in [5.74, 6) is -0.444. The minimum atomic E-state index is -0.742. The molecule has 0 spiro atoms. The van der Waals surface area contributed by atoms with Crippen LogP contribution in [0.1, 0.15) is 17.2 Å². The Morgan fingerprint density at radius 2 is 1.64 bits per heavy atom. The fraction of sp³-hybridized carbons (Fsp3) is 0.207. The van der Waals surface area contributed by atoms with Crippen molar-refractivity contribution in [2.75, 3.05) is 18.6 Å². The van der Waals surface area contributed by atoms with Gasteiger partial charge >= 0.3 is 5.97 Å². The van der Waals surface area contributed by atoms with E-state index in [1.54, 1.807) is 12.1 Å². The highest BCUT2D eigenvalue weighted by atomic mass is 35.5. The Hall–Kier alpha value is -3.40. The zero-order valence-corrected chi connectivity index (χ0v) is 23.3. The smallest absolute Gasteiger partial charge is 0.359 e. The molecule has 2 heterocycles. The number of nitrogens with one attached hydrogen (secondary N) is 1. The summed E-state index contributed by atoms with van der Waals surface area (Å²) in [6.45, 7) is 0. The lowest BCUT2D eigenvalue weighted by atomic mass is 10.0. The second kappa shape index (κ2) is 12.2. The van der Waals surface area contributed by atoms with Crippen LogP contribution in [0.2, 0.25) is 5.02 Å². The number of hydrogen-bond acceptors (Lipinski definition) is 7. The third-order valence-electron chi connectivity index (χ3n) is 6.30. The molecule has 0 saturated carbocycles. The van der Waals surface area contributed by atoms with Crippen molar-refractivity contribution in [1.29, 1.82) is 0 Å². The van der Waals surface area contributed by atoms with Gasteiger partial charge in [0.15, 0.2) is 11.8 Å². The molecule has 0 bridgehead atoms. The van der Waals surface area contributed by atoms with Gasteiger partial charge in [0.25, 0.3) is 5.91 Å². The number of carbonyl (C=O) groups is 3. The van der Waals surface area contributed by atoms with Crippen molar-refractivity contribution in [3.8, 4) is 0 Å². The molecule has 5 rings (SSSR count). The SMILES string of the molecule is COC1=C(C(=O)OC(c2ccccc2)c2ccccc2)N2C(=O)C(NC(=O)CSc3ccc(Cl)cc3)[C@H]2SC1. The molecule has 2 atom stereocenters. The quantitative estimate of drug-likeness (QED) is 0.216. The van der Waals surface area contributed by atoms with Gasteiger partial charge in [0.1, 0.15) is 17.2 Å². The average Bonchev–Trinajstić information content (AvgIpc) is 2.98. The second-order valence-corrected chi connectivity index (χ2v) is 11.4. The van der Waals surface area contributed by atoms with E-state index in [9.17, 15) is 14.4 Å². The van der Waals surface area contributed by atoms with Crippen LogP contribution in [0.15, 0.2) is 101 Å². The first-order chi connectivity index (χ1) is 19.0. The number of halogens is 1. The Morgan fingerprint density at radius 3 is 2.23 bits per heavy atom. The molecule has 3 aromatic rings. The number of β-lactam (4-membered cyclic amide) rings is 1. The molecule has 2 aliphatic heterocycles. The molecule has 0 aromatic heterocycles. The van der Waals surface area contributed by atoms with E-state index in [1.807, 2.05) is 72.8 Å². The summed E-state index contributed by atoms with van der Waals surface area (Å²) >= 11 is 8.69. The molecule has 2 aliphatic rings. The van der Waals surface area contributed by atoms with Crippen LogP contribution in [-0.4, -0.2) is 52.7 Å². The first kappa shape index (κ1) is 27.2. The van der Waals surface area contributed by atoms with Gasteiger partial charge in [-0.2, -0.15) is 0 Å². The molecule has 200 valence electrons. The van der Waals surface area contributed by atoms with Crippen LogP contribution in [0.4, 0.5) is 0 Å². The summed E-state index contributed by atoms with van der Waals surface area (Å²) in [5.41, 5.74) is 1.68. The Kier molecular flexibility index (Phi) is 8.50. The normalized spacial score (nSPS) is 18.3. The largest absolute Gasteiger partial charge is 0.498 e. The molecule has 1 unspecified atom stereocenters. The summed E-state index contributed by atoms with van der Waals surface area (Å²) in [5, 5.41) is 3.00. The van der Waals surface area contributed by atoms with Crippen molar-refractivity contribution in [3.05, 3.63) is 113 Å². The predicted octanol–water partition coefficient (Wildman–Crippen LogP) is 5.02. The number of methoxy groups -OCH3 is 1. The van der Waals surface area contributed by atoms with Crippen molar-refractivity contribution < 1.29 is 23.9 Å². The molecule has 0 aliphatic carbocycles. The topological polar surface area (TPSA) is 84.9 Å². The van der Waals surface area contributed by atoms with E-state index >= 15 is 0 Å². The van der Waals surface area contributed by atoms with Crippen molar-refractivity contribution in [3.63, 3.8) is 0 Å². The number of nitrogens with zero attached hydrogens (tertiary/aromatic N) is 1. The van der Waals surface area contributed by atoms with Crippen molar-refractivity contribution in [1.82, 2.24) is 10.2 Å². The third kappa shape index (κ3) is 5.95. The van der Waals surface area contributed by atoms with E-state index in [2.05, 4.69) is 5.32 Å². The van der Waals surface area contributed by atoms with E-state index in [4.69, 9.17) is 21.1 Å². The lowest BCUT2D eigenvalue weighted by Crippen LogP contribution is -2.70. The monoisotopic (exact) mass is 580 g/mol. The highest BCUT2D eigenvalue weighted by molar-refractivity contribution is 8.00. The summed E-state index contributed by atoms with van der Waals surface area (Å²) in [6, 6.07) is 25.3. The number of esters is 1. The third-order valence-corrected chi connectivity index (χ3v) is 8.82. The van der Waals surface area contributed by atoms with E-state index in [1.165, 1.54) is 35.5 Å². The summed E-state index contributed by atoms with van der Waals surface area (Å²) in [7, 11) is 1.47. The Labute approximate surface area is 239 Å². The Balaban J connectivity index is 1.29. The number of ether oxygens (including phenoxy) is 2. The van der Waals surface area contributed by atoms with Crippen LogP contribution >= 0.6 is 35.1 Å². The molecule has 2 amide bonds. The molecule has 1 N–H and O–H groups in total. The highest BCUT2D eigenvalue weighted by Crippen LogP contribution is 2.41. The van der Waals surface area contributed by atoms with Crippen LogP contribution in [0, 0.1) is 0 Å². The number of benzene rings is 3. The van der Waals surface area contributed by atoms with Crippen LogP contribution in [0.5, 0.6) is 0 Å². The number of carbonyl (C=O) groups excluding carboxylic acids is 3. The van der Waals surface area contributed by atoms with E-state index < -0.39 is 23.5 Å². The molecule has 0 radical (unpaired) electrons. The summed E-state index contributed by atoms with van der Waals surface area (Å²) in [4.78, 5) is 41.7. The maximum atomic E-state index is 13.6. The summed E-state index contributed by atoms with van der Waals surface area (Å²) < 4.78 is 11.5. The zero-order chi connectivity index (χ0) is 27.4. The van der Waals surface area contributed by atoms with E-state index in [0.717, 1.165) is 16.0 Å². The van der Waals surface area contributed by atoms with Crippen molar-refractivity contribution >= 4 is 52.9 Å². The number of fused-ring (bicyclic) bond motifs is 1. The second-order valence-electron chi connectivity index (χ2n) is 8.78. The average molecular weight is 581 g/mol. The minimum Gasteiger partial charge on any atom is -0.498 e. The Bertz CT molecular complexity index is 1350. The van der Waals surface area contributed by atoms with Crippen molar-refractivity contribution in [2.45, 2.75) is 22.4 Å². The van der Waals surface area contributed by atoms with Gasteiger partial charge in [-0.3, -0.25) is 14.5 Å². The zero-order valence-electron chi connectivity index (χ0n) is 20.9. The van der Waals surface area contributed by atoms with Gasteiger partial charge in [-0.25, -0.2) is 4.79 Å². The predicted molar refractivity (Wildman–Crippen MR) is 152 cm³/mol. The van der Waals surface area contributed by atoms with Gasteiger partial charge in [-0.1, -0.05) is 72.3 Å². The minimum absolute atomic E-state index is 0.0733. The van der Waals surface area contributed by atoms with Crippen molar-refractivity contribution in [2.24, 2.45) is 0 Å². The number of rotatable bonds is 9. The highest BCUT2D eigenvalue weighted by Gasteiger charge is 2.55. The molecule has 10 heteroatoms. The molecule has 7 nitrogen and oxygen atoms in total. The fourth-order valence-electron chi connectivity index (χ4n) is 4.38.